The van der Waals surface area contributed by atoms with Gasteiger partial charge in [-0.05, 0) is 61.3 Å². The Balaban J connectivity index is 1.69. The number of fused-ring (bicyclic) bond motifs is 1. The third-order valence-electron chi connectivity index (χ3n) is 4.70. The molecule has 1 N–H and O–H groups in total. The van der Waals surface area contributed by atoms with Crippen molar-refractivity contribution in [3.63, 3.8) is 0 Å². The summed E-state index contributed by atoms with van der Waals surface area (Å²) in [6, 6.07) is 18.7. The molecule has 3 rings (SSSR count). The highest BCUT2D eigenvalue weighted by Gasteiger charge is 2.10. The van der Waals surface area contributed by atoms with Gasteiger partial charge in [0.25, 0.3) is 0 Å². The molecule has 0 heterocycles. The second kappa shape index (κ2) is 9.47. The van der Waals surface area contributed by atoms with E-state index in [-0.39, 0.29) is 6.10 Å². The molecule has 0 aromatic heterocycles. The summed E-state index contributed by atoms with van der Waals surface area (Å²) in [4.78, 5) is 0. The molecule has 0 aliphatic carbocycles. The van der Waals surface area contributed by atoms with Crippen LogP contribution in [-0.2, 0) is 13.0 Å². The van der Waals surface area contributed by atoms with E-state index in [4.69, 9.17) is 14.2 Å². The molecule has 0 radical (unpaired) electrons. The van der Waals surface area contributed by atoms with Crippen molar-refractivity contribution in [3.8, 4) is 17.2 Å². The molecule has 4 heteroatoms. The maximum atomic E-state index is 6.05. The van der Waals surface area contributed by atoms with E-state index >= 15 is 0 Å². The van der Waals surface area contributed by atoms with Gasteiger partial charge >= 0.3 is 0 Å². The van der Waals surface area contributed by atoms with Crippen LogP contribution in [0.3, 0.4) is 0 Å². The van der Waals surface area contributed by atoms with Crippen molar-refractivity contribution in [2.75, 3.05) is 20.8 Å². The minimum Gasteiger partial charge on any atom is -0.493 e. The first-order valence-corrected chi connectivity index (χ1v) is 9.71. The SMILES string of the molecule is COc1ccc(CCNCc2c(OC(C)C)ccc3ccccc23)cc1OC. The van der Waals surface area contributed by atoms with Crippen molar-refractivity contribution < 1.29 is 14.2 Å². The van der Waals surface area contributed by atoms with E-state index in [0.717, 1.165) is 36.8 Å². The molecule has 0 saturated heterocycles. The average molecular weight is 380 g/mol. The summed E-state index contributed by atoms with van der Waals surface area (Å²) in [6.07, 6.45) is 1.05. The number of rotatable bonds is 9. The summed E-state index contributed by atoms with van der Waals surface area (Å²) in [5.74, 6) is 2.47. The lowest BCUT2D eigenvalue weighted by atomic mass is 10.0. The van der Waals surface area contributed by atoms with E-state index in [1.165, 1.54) is 21.9 Å². The Morgan fingerprint density at radius 2 is 1.61 bits per heavy atom. The van der Waals surface area contributed by atoms with Crippen LogP contribution in [0.2, 0.25) is 0 Å². The average Bonchev–Trinajstić information content (AvgIpc) is 2.71. The monoisotopic (exact) mass is 379 g/mol. The highest BCUT2D eigenvalue weighted by molar-refractivity contribution is 5.87. The zero-order valence-electron chi connectivity index (χ0n) is 17.1. The predicted molar refractivity (Wildman–Crippen MR) is 115 cm³/mol. The number of methoxy groups -OCH3 is 2. The van der Waals surface area contributed by atoms with Gasteiger partial charge in [0, 0.05) is 12.1 Å². The van der Waals surface area contributed by atoms with Gasteiger partial charge in [-0.2, -0.15) is 0 Å². The molecule has 3 aromatic rings. The molecule has 0 atom stereocenters. The molecule has 0 aliphatic heterocycles. The van der Waals surface area contributed by atoms with Gasteiger partial charge in [-0.25, -0.2) is 0 Å². The largest absolute Gasteiger partial charge is 0.493 e. The van der Waals surface area contributed by atoms with Crippen LogP contribution in [0.5, 0.6) is 17.2 Å². The number of ether oxygens (including phenoxy) is 3. The quantitative estimate of drug-likeness (QED) is 0.533. The minimum absolute atomic E-state index is 0.145. The number of benzene rings is 3. The number of nitrogens with one attached hydrogen (secondary N) is 1. The lowest BCUT2D eigenvalue weighted by molar-refractivity contribution is 0.240. The van der Waals surface area contributed by atoms with E-state index in [1.807, 2.05) is 12.1 Å². The Labute approximate surface area is 167 Å². The van der Waals surface area contributed by atoms with Crippen molar-refractivity contribution in [1.29, 1.82) is 0 Å². The summed E-state index contributed by atoms with van der Waals surface area (Å²) in [5.41, 5.74) is 2.42. The van der Waals surface area contributed by atoms with Crippen LogP contribution >= 0.6 is 0 Å². The molecule has 0 spiro atoms. The summed E-state index contributed by atoms with van der Waals surface area (Å²) in [7, 11) is 3.32. The zero-order valence-corrected chi connectivity index (χ0v) is 17.1. The molecule has 4 nitrogen and oxygen atoms in total. The Morgan fingerprint density at radius 1 is 0.857 bits per heavy atom. The van der Waals surface area contributed by atoms with Crippen molar-refractivity contribution >= 4 is 10.8 Å². The molecular formula is C24H29NO3. The Morgan fingerprint density at radius 3 is 2.36 bits per heavy atom. The third-order valence-corrected chi connectivity index (χ3v) is 4.70. The molecule has 0 amide bonds. The molecule has 148 valence electrons. The first-order valence-electron chi connectivity index (χ1n) is 9.71. The molecular weight excluding hydrogens is 350 g/mol. The molecule has 0 aliphatic rings. The van der Waals surface area contributed by atoms with Crippen LogP contribution in [0.25, 0.3) is 10.8 Å². The minimum atomic E-state index is 0.145. The Bertz CT molecular complexity index is 921. The van der Waals surface area contributed by atoms with E-state index in [2.05, 4.69) is 61.6 Å². The van der Waals surface area contributed by atoms with Gasteiger partial charge in [0.2, 0.25) is 0 Å². The standard InChI is InChI=1S/C24H29NO3/c1-17(2)28-22-12-10-19-7-5-6-8-20(19)21(22)16-25-14-13-18-9-11-23(26-3)24(15-18)27-4/h5-12,15,17,25H,13-14,16H2,1-4H3. The molecule has 0 unspecified atom stereocenters. The van der Waals surface area contributed by atoms with Crippen LogP contribution < -0.4 is 19.5 Å². The smallest absolute Gasteiger partial charge is 0.160 e. The fourth-order valence-electron chi connectivity index (χ4n) is 3.34. The molecule has 0 fully saturated rings. The molecule has 0 bridgehead atoms. The summed E-state index contributed by atoms with van der Waals surface area (Å²) < 4.78 is 16.8. The van der Waals surface area contributed by atoms with Crippen LogP contribution in [-0.4, -0.2) is 26.9 Å². The molecule has 3 aromatic carbocycles. The molecule has 0 saturated carbocycles. The Hall–Kier alpha value is -2.72. The van der Waals surface area contributed by atoms with Crippen LogP contribution in [0.1, 0.15) is 25.0 Å². The predicted octanol–water partition coefficient (Wildman–Crippen LogP) is 4.98. The van der Waals surface area contributed by atoms with Gasteiger partial charge in [0.05, 0.1) is 20.3 Å². The summed E-state index contributed by atoms with van der Waals surface area (Å²) in [6.45, 7) is 5.74. The van der Waals surface area contributed by atoms with Gasteiger partial charge < -0.3 is 19.5 Å². The van der Waals surface area contributed by atoms with Crippen LogP contribution in [0.15, 0.2) is 54.6 Å². The van der Waals surface area contributed by atoms with Crippen molar-refractivity contribution in [2.45, 2.75) is 32.9 Å². The van der Waals surface area contributed by atoms with Crippen molar-refractivity contribution in [2.24, 2.45) is 0 Å². The first-order chi connectivity index (χ1) is 13.6. The number of hydrogen-bond donors (Lipinski definition) is 1. The van der Waals surface area contributed by atoms with Gasteiger partial charge in [0.15, 0.2) is 11.5 Å². The highest BCUT2D eigenvalue weighted by Crippen LogP contribution is 2.29. The third kappa shape index (κ3) is 4.76. The summed E-state index contributed by atoms with van der Waals surface area (Å²) in [5, 5.41) is 6.04. The maximum absolute atomic E-state index is 6.05. The fourth-order valence-corrected chi connectivity index (χ4v) is 3.34. The van der Waals surface area contributed by atoms with Crippen molar-refractivity contribution in [3.05, 3.63) is 65.7 Å². The van der Waals surface area contributed by atoms with Crippen molar-refractivity contribution in [1.82, 2.24) is 5.32 Å². The van der Waals surface area contributed by atoms with E-state index in [1.54, 1.807) is 14.2 Å². The molecule has 28 heavy (non-hydrogen) atoms. The summed E-state index contributed by atoms with van der Waals surface area (Å²) >= 11 is 0. The van der Waals surface area contributed by atoms with Crippen LogP contribution in [0.4, 0.5) is 0 Å². The van der Waals surface area contributed by atoms with Crippen LogP contribution in [0, 0.1) is 0 Å². The number of hydrogen-bond acceptors (Lipinski definition) is 4. The van der Waals surface area contributed by atoms with Gasteiger partial charge in [0.1, 0.15) is 5.75 Å². The normalized spacial score (nSPS) is 11.0. The maximum Gasteiger partial charge on any atom is 0.160 e. The van der Waals surface area contributed by atoms with Gasteiger partial charge in [-0.3, -0.25) is 0 Å². The second-order valence-electron chi connectivity index (χ2n) is 7.05. The topological polar surface area (TPSA) is 39.7 Å². The van der Waals surface area contributed by atoms with E-state index in [9.17, 15) is 0 Å². The first kappa shape index (κ1) is 20.0. The Kier molecular flexibility index (Phi) is 6.77. The lowest BCUT2D eigenvalue weighted by Gasteiger charge is -2.17. The van der Waals surface area contributed by atoms with Gasteiger partial charge in [-0.1, -0.05) is 36.4 Å². The van der Waals surface area contributed by atoms with E-state index < -0.39 is 0 Å². The fraction of sp³-hybridized carbons (Fsp3) is 0.333. The second-order valence-corrected chi connectivity index (χ2v) is 7.05. The highest BCUT2D eigenvalue weighted by atomic mass is 16.5. The lowest BCUT2D eigenvalue weighted by Crippen LogP contribution is -2.18. The van der Waals surface area contributed by atoms with Gasteiger partial charge in [-0.15, -0.1) is 0 Å². The zero-order chi connectivity index (χ0) is 19.9. The van der Waals surface area contributed by atoms with E-state index in [0.29, 0.717) is 0 Å².